The van der Waals surface area contributed by atoms with Crippen LogP contribution in [0, 0.1) is 17.2 Å². The maximum atomic E-state index is 13.3. The SMILES string of the molecule is CC(C)Cc1ccc(-c2csc(C(C#N)=CNc3ccc(Cl)cc3C(F)(F)F)n2)cc1. The fourth-order valence-corrected chi connectivity index (χ4v) is 3.95. The summed E-state index contributed by atoms with van der Waals surface area (Å²) in [6, 6.07) is 13.5. The summed E-state index contributed by atoms with van der Waals surface area (Å²) < 4.78 is 39.8. The van der Waals surface area contributed by atoms with Crippen molar-refractivity contribution in [1.29, 1.82) is 5.26 Å². The molecule has 31 heavy (non-hydrogen) atoms. The first-order chi connectivity index (χ1) is 14.7. The van der Waals surface area contributed by atoms with Crippen LogP contribution in [0.4, 0.5) is 18.9 Å². The number of nitriles is 1. The fraction of sp³-hybridized carbons (Fsp3) is 0.217. The number of nitrogens with one attached hydrogen (secondary N) is 1. The minimum Gasteiger partial charge on any atom is -0.360 e. The lowest BCUT2D eigenvalue weighted by molar-refractivity contribution is -0.136. The quantitative estimate of drug-likeness (QED) is 0.383. The highest BCUT2D eigenvalue weighted by atomic mass is 35.5. The van der Waals surface area contributed by atoms with Gasteiger partial charge in [0.15, 0.2) is 0 Å². The van der Waals surface area contributed by atoms with Gasteiger partial charge in [-0.1, -0.05) is 49.7 Å². The predicted octanol–water partition coefficient (Wildman–Crippen LogP) is 7.66. The monoisotopic (exact) mass is 461 g/mol. The number of hydrogen-bond acceptors (Lipinski definition) is 4. The summed E-state index contributed by atoms with van der Waals surface area (Å²) in [6.45, 7) is 4.32. The molecule has 0 aliphatic carbocycles. The zero-order valence-electron chi connectivity index (χ0n) is 16.8. The van der Waals surface area contributed by atoms with E-state index in [1.54, 1.807) is 0 Å². The number of alkyl halides is 3. The Kier molecular flexibility index (Phi) is 7.04. The van der Waals surface area contributed by atoms with Gasteiger partial charge in [0.05, 0.1) is 16.9 Å². The van der Waals surface area contributed by atoms with Crippen LogP contribution in [0.3, 0.4) is 0 Å². The number of halogens is 4. The van der Waals surface area contributed by atoms with Gasteiger partial charge in [0.2, 0.25) is 0 Å². The smallest absolute Gasteiger partial charge is 0.360 e. The number of hydrogen-bond donors (Lipinski definition) is 1. The van der Waals surface area contributed by atoms with Crippen LogP contribution in [0.5, 0.6) is 0 Å². The highest BCUT2D eigenvalue weighted by Gasteiger charge is 2.33. The van der Waals surface area contributed by atoms with Crippen molar-refractivity contribution < 1.29 is 13.2 Å². The van der Waals surface area contributed by atoms with Gasteiger partial charge in [-0.2, -0.15) is 18.4 Å². The molecule has 1 aromatic heterocycles. The molecule has 0 bridgehead atoms. The average Bonchev–Trinajstić information content (AvgIpc) is 3.19. The second kappa shape index (κ2) is 9.54. The van der Waals surface area contributed by atoms with E-state index < -0.39 is 11.7 Å². The van der Waals surface area contributed by atoms with Crippen molar-refractivity contribution in [3.8, 4) is 17.3 Å². The van der Waals surface area contributed by atoms with E-state index in [1.807, 2.05) is 23.6 Å². The molecule has 0 aliphatic rings. The molecule has 0 spiro atoms. The van der Waals surface area contributed by atoms with Crippen molar-refractivity contribution in [2.75, 3.05) is 5.32 Å². The van der Waals surface area contributed by atoms with Gasteiger partial charge in [-0.3, -0.25) is 0 Å². The number of allylic oxidation sites excluding steroid dienone is 1. The number of anilines is 1. The van der Waals surface area contributed by atoms with Crippen molar-refractivity contribution in [2.24, 2.45) is 5.92 Å². The Bertz CT molecular complexity index is 1130. The highest BCUT2D eigenvalue weighted by molar-refractivity contribution is 7.11. The third kappa shape index (κ3) is 5.87. The lowest BCUT2D eigenvalue weighted by Gasteiger charge is -2.13. The Morgan fingerprint density at radius 3 is 2.55 bits per heavy atom. The van der Waals surface area contributed by atoms with E-state index in [4.69, 9.17) is 11.6 Å². The molecule has 0 amide bonds. The number of nitrogens with zero attached hydrogens (tertiary/aromatic N) is 2. The van der Waals surface area contributed by atoms with E-state index >= 15 is 0 Å². The number of aromatic nitrogens is 1. The second-order valence-corrected chi connectivity index (χ2v) is 8.63. The summed E-state index contributed by atoms with van der Waals surface area (Å²) in [5.41, 5.74) is 1.89. The maximum Gasteiger partial charge on any atom is 0.418 e. The molecule has 0 unspecified atom stereocenters. The van der Waals surface area contributed by atoms with E-state index in [2.05, 4.69) is 36.3 Å². The normalized spacial score (nSPS) is 12.1. The zero-order valence-corrected chi connectivity index (χ0v) is 18.4. The standard InChI is InChI=1S/C23H19ClF3N3S/c1-14(2)9-15-3-5-16(6-4-15)21-13-31-22(30-21)17(11-28)12-29-20-8-7-18(24)10-19(20)23(25,26)27/h3-8,10,12-14,29H,9H2,1-2H3. The zero-order chi connectivity index (χ0) is 22.6. The van der Waals surface area contributed by atoms with Crippen molar-refractivity contribution in [2.45, 2.75) is 26.4 Å². The van der Waals surface area contributed by atoms with E-state index in [9.17, 15) is 18.4 Å². The van der Waals surface area contributed by atoms with Crippen LogP contribution in [0.25, 0.3) is 16.8 Å². The van der Waals surface area contributed by atoms with E-state index in [0.29, 0.717) is 16.6 Å². The number of rotatable bonds is 6. The molecular formula is C23H19ClF3N3S. The summed E-state index contributed by atoms with van der Waals surface area (Å²) in [5.74, 6) is 0.561. The molecular weight excluding hydrogens is 443 g/mol. The molecule has 1 heterocycles. The fourth-order valence-electron chi connectivity index (χ4n) is 2.98. The van der Waals surface area contributed by atoms with Gasteiger partial charge < -0.3 is 5.32 Å². The highest BCUT2D eigenvalue weighted by Crippen LogP contribution is 2.37. The molecule has 160 valence electrons. The lowest BCUT2D eigenvalue weighted by atomic mass is 10.0. The van der Waals surface area contributed by atoms with Gasteiger partial charge in [0, 0.05) is 22.2 Å². The van der Waals surface area contributed by atoms with Crippen molar-refractivity contribution in [3.05, 3.63) is 75.2 Å². The van der Waals surface area contributed by atoms with Crippen LogP contribution < -0.4 is 5.32 Å². The summed E-state index contributed by atoms with van der Waals surface area (Å²) in [5, 5.41) is 14.3. The second-order valence-electron chi connectivity index (χ2n) is 7.33. The molecule has 0 saturated heterocycles. The van der Waals surface area contributed by atoms with Gasteiger partial charge in [-0.15, -0.1) is 11.3 Å². The molecule has 8 heteroatoms. The van der Waals surface area contributed by atoms with Gasteiger partial charge in [0.1, 0.15) is 16.6 Å². The van der Waals surface area contributed by atoms with Crippen LogP contribution in [-0.2, 0) is 12.6 Å². The van der Waals surface area contributed by atoms with E-state index in [0.717, 1.165) is 18.1 Å². The molecule has 0 aliphatic heterocycles. The Hall–Kier alpha value is -2.82. The summed E-state index contributed by atoms with van der Waals surface area (Å²) in [4.78, 5) is 4.48. The topological polar surface area (TPSA) is 48.7 Å². The molecule has 0 fully saturated rings. The Morgan fingerprint density at radius 2 is 1.94 bits per heavy atom. The predicted molar refractivity (Wildman–Crippen MR) is 120 cm³/mol. The largest absolute Gasteiger partial charge is 0.418 e. The number of thiazole rings is 1. The minimum atomic E-state index is -4.58. The van der Waals surface area contributed by atoms with Crippen LogP contribution in [0.15, 0.2) is 54.0 Å². The summed E-state index contributed by atoms with van der Waals surface area (Å²) >= 11 is 6.95. The van der Waals surface area contributed by atoms with Gasteiger partial charge in [-0.05, 0) is 36.1 Å². The first-order valence-corrected chi connectivity index (χ1v) is 10.7. The van der Waals surface area contributed by atoms with Crippen LogP contribution in [0.2, 0.25) is 5.02 Å². The van der Waals surface area contributed by atoms with Crippen LogP contribution >= 0.6 is 22.9 Å². The number of benzene rings is 2. The van der Waals surface area contributed by atoms with E-state index in [-0.39, 0.29) is 16.3 Å². The molecule has 0 atom stereocenters. The summed E-state index contributed by atoms with van der Waals surface area (Å²) in [6.07, 6.45) is -2.36. The maximum absolute atomic E-state index is 13.3. The minimum absolute atomic E-state index is 0.0219. The third-order valence-corrected chi connectivity index (χ3v) is 5.52. The average molecular weight is 462 g/mol. The molecule has 2 aromatic carbocycles. The Balaban J connectivity index is 1.83. The van der Waals surface area contributed by atoms with Crippen LogP contribution in [-0.4, -0.2) is 4.98 Å². The first-order valence-electron chi connectivity index (χ1n) is 9.46. The van der Waals surface area contributed by atoms with Crippen molar-refractivity contribution >= 4 is 34.2 Å². The lowest BCUT2D eigenvalue weighted by Crippen LogP contribution is -2.08. The molecule has 3 rings (SSSR count). The Labute approximate surface area is 187 Å². The first kappa shape index (κ1) is 22.9. The molecule has 0 saturated carbocycles. The van der Waals surface area contributed by atoms with Gasteiger partial charge in [0.25, 0.3) is 0 Å². The van der Waals surface area contributed by atoms with Gasteiger partial charge >= 0.3 is 6.18 Å². The third-order valence-electron chi connectivity index (χ3n) is 4.41. The van der Waals surface area contributed by atoms with Crippen molar-refractivity contribution in [1.82, 2.24) is 4.98 Å². The van der Waals surface area contributed by atoms with Gasteiger partial charge in [-0.25, -0.2) is 4.98 Å². The van der Waals surface area contributed by atoms with Crippen molar-refractivity contribution in [3.63, 3.8) is 0 Å². The molecule has 3 nitrogen and oxygen atoms in total. The molecule has 3 aromatic rings. The Morgan fingerprint density at radius 1 is 1.23 bits per heavy atom. The molecule has 0 radical (unpaired) electrons. The molecule has 1 N–H and O–H groups in total. The summed E-state index contributed by atoms with van der Waals surface area (Å²) in [7, 11) is 0. The van der Waals surface area contributed by atoms with E-state index in [1.165, 1.54) is 35.2 Å². The van der Waals surface area contributed by atoms with Crippen LogP contribution in [0.1, 0.15) is 30.0 Å².